The summed E-state index contributed by atoms with van der Waals surface area (Å²) in [5.41, 5.74) is 6.66. The van der Waals surface area contributed by atoms with Crippen LogP contribution in [-0.4, -0.2) is 34.0 Å². The van der Waals surface area contributed by atoms with Gasteiger partial charge in [0.2, 0.25) is 0 Å². The van der Waals surface area contributed by atoms with E-state index in [0.29, 0.717) is 23.9 Å². The van der Waals surface area contributed by atoms with E-state index < -0.39 is 10.0 Å². The van der Waals surface area contributed by atoms with Crippen LogP contribution in [0.2, 0.25) is 0 Å². The number of sulfonamides is 1. The molecule has 0 saturated heterocycles. The molecule has 7 nitrogen and oxygen atoms in total. The van der Waals surface area contributed by atoms with E-state index in [2.05, 4.69) is 10.0 Å². The zero-order chi connectivity index (χ0) is 19.4. The van der Waals surface area contributed by atoms with Crippen LogP contribution in [0.4, 0.5) is 5.69 Å². The van der Waals surface area contributed by atoms with E-state index in [4.69, 9.17) is 10.5 Å². The molecule has 1 unspecified atom stereocenters. The minimum atomic E-state index is -3.82. The molecule has 3 rings (SSSR count). The molecule has 0 heterocycles. The lowest BCUT2D eigenvalue weighted by atomic mass is 10.2. The standard InChI is InChI=1S/C19H23N3O4S.ClH/c1-26-16-9-7-15(8-10-16)22-27(24,25)17-4-2-3-14(11-17)19(23)21-12-18(20)13-5-6-13;/h2-4,7-11,13,18,22H,5-6,12,20H2,1H3,(H,21,23);1H. The molecule has 1 saturated carbocycles. The van der Waals surface area contributed by atoms with Crippen LogP contribution in [-0.2, 0) is 10.0 Å². The highest BCUT2D eigenvalue weighted by atomic mass is 35.5. The summed E-state index contributed by atoms with van der Waals surface area (Å²) >= 11 is 0. The van der Waals surface area contributed by atoms with Crippen LogP contribution in [0.3, 0.4) is 0 Å². The normalized spacial score (nSPS) is 14.5. The number of rotatable bonds is 8. The Balaban J connectivity index is 0.00000280. The number of methoxy groups -OCH3 is 1. The van der Waals surface area contributed by atoms with Gasteiger partial charge < -0.3 is 15.8 Å². The Morgan fingerprint density at radius 3 is 2.50 bits per heavy atom. The summed E-state index contributed by atoms with van der Waals surface area (Å²) in [5, 5.41) is 2.77. The number of benzene rings is 2. The molecule has 0 aromatic heterocycles. The fourth-order valence-electron chi connectivity index (χ4n) is 2.68. The highest BCUT2D eigenvalue weighted by Crippen LogP contribution is 2.31. The first-order valence-corrected chi connectivity index (χ1v) is 10.2. The van der Waals surface area contributed by atoms with Crippen LogP contribution in [0, 0.1) is 5.92 Å². The van der Waals surface area contributed by atoms with Gasteiger partial charge in [0.1, 0.15) is 5.75 Å². The molecule has 9 heteroatoms. The van der Waals surface area contributed by atoms with Gasteiger partial charge in [-0.15, -0.1) is 12.4 Å². The Kier molecular flexibility index (Phi) is 7.29. The van der Waals surface area contributed by atoms with Crippen molar-refractivity contribution in [2.45, 2.75) is 23.8 Å². The van der Waals surface area contributed by atoms with Crippen LogP contribution >= 0.6 is 12.4 Å². The first-order chi connectivity index (χ1) is 12.9. The van der Waals surface area contributed by atoms with Gasteiger partial charge in [-0.25, -0.2) is 8.42 Å². The van der Waals surface area contributed by atoms with Crippen LogP contribution in [0.25, 0.3) is 0 Å². The van der Waals surface area contributed by atoms with Gasteiger partial charge in [-0.3, -0.25) is 9.52 Å². The lowest BCUT2D eigenvalue weighted by Gasteiger charge is -2.13. The molecule has 1 atom stereocenters. The summed E-state index contributed by atoms with van der Waals surface area (Å²) in [7, 11) is -2.28. The minimum Gasteiger partial charge on any atom is -0.497 e. The van der Waals surface area contributed by atoms with Crippen molar-refractivity contribution in [3.63, 3.8) is 0 Å². The summed E-state index contributed by atoms with van der Waals surface area (Å²) in [4.78, 5) is 12.3. The number of nitrogens with one attached hydrogen (secondary N) is 2. The van der Waals surface area contributed by atoms with Gasteiger partial charge in [0.25, 0.3) is 15.9 Å². The second kappa shape index (κ2) is 9.27. The number of halogens is 1. The predicted octanol–water partition coefficient (Wildman–Crippen LogP) is 2.38. The second-order valence-electron chi connectivity index (χ2n) is 6.57. The van der Waals surface area contributed by atoms with Crippen molar-refractivity contribution in [1.29, 1.82) is 0 Å². The van der Waals surface area contributed by atoms with Gasteiger partial charge in [0.05, 0.1) is 12.0 Å². The molecule has 28 heavy (non-hydrogen) atoms. The second-order valence-corrected chi connectivity index (χ2v) is 8.26. The highest BCUT2D eigenvalue weighted by molar-refractivity contribution is 7.92. The largest absolute Gasteiger partial charge is 0.497 e. The van der Waals surface area contributed by atoms with E-state index >= 15 is 0 Å². The van der Waals surface area contributed by atoms with E-state index in [1.54, 1.807) is 30.3 Å². The van der Waals surface area contributed by atoms with Gasteiger partial charge in [0, 0.05) is 23.8 Å². The molecule has 1 fully saturated rings. The molecule has 0 spiro atoms. The molecule has 0 aliphatic heterocycles. The smallest absolute Gasteiger partial charge is 0.261 e. The predicted molar refractivity (Wildman–Crippen MR) is 111 cm³/mol. The Labute approximate surface area is 171 Å². The van der Waals surface area contributed by atoms with Crippen molar-refractivity contribution in [3.05, 3.63) is 54.1 Å². The molecule has 2 aromatic carbocycles. The molecule has 2 aromatic rings. The van der Waals surface area contributed by atoms with E-state index in [9.17, 15) is 13.2 Å². The zero-order valence-corrected chi connectivity index (χ0v) is 17.1. The minimum absolute atomic E-state index is 0. The molecule has 0 bridgehead atoms. The number of anilines is 1. The van der Waals surface area contributed by atoms with E-state index in [-0.39, 0.29) is 34.8 Å². The van der Waals surface area contributed by atoms with Gasteiger partial charge >= 0.3 is 0 Å². The number of carbonyl (C=O) groups excluding carboxylic acids is 1. The van der Waals surface area contributed by atoms with E-state index in [1.807, 2.05) is 0 Å². The summed E-state index contributed by atoms with van der Waals surface area (Å²) in [5.74, 6) is 0.763. The van der Waals surface area contributed by atoms with Gasteiger partial charge in [-0.05, 0) is 61.2 Å². The van der Waals surface area contributed by atoms with Crippen molar-refractivity contribution >= 4 is 34.0 Å². The lowest BCUT2D eigenvalue weighted by molar-refractivity contribution is 0.0950. The fourth-order valence-corrected chi connectivity index (χ4v) is 3.79. The number of hydrogen-bond acceptors (Lipinski definition) is 5. The summed E-state index contributed by atoms with van der Waals surface area (Å²) in [6.45, 7) is 0.380. The Hall–Kier alpha value is -2.29. The molecular formula is C19H24ClN3O4S. The third-order valence-corrected chi connectivity index (χ3v) is 5.85. The Morgan fingerprint density at radius 2 is 1.89 bits per heavy atom. The van der Waals surface area contributed by atoms with Crippen molar-refractivity contribution in [2.75, 3.05) is 18.4 Å². The number of amides is 1. The van der Waals surface area contributed by atoms with Gasteiger partial charge in [-0.2, -0.15) is 0 Å². The maximum absolute atomic E-state index is 12.6. The van der Waals surface area contributed by atoms with Crippen LogP contribution in [0.15, 0.2) is 53.4 Å². The van der Waals surface area contributed by atoms with E-state index in [1.165, 1.54) is 25.3 Å². The van der Waals surface area contributed by atoms with Crippen molar-refractivity contribution in [3.8, 4) is 5.75 Å². The third kappa shape index (κ3) is 5.60. The SMILES string of the molecule is COc1ccc(NS(=O)(=O)c2cccc(C(=O)NCC(N)C3CC3)c2)cc1.Cl. The fraction of sp³-hybridized carbons (Fsp3) is 0.316. The van der Waals surface area contributed by atoms with Crippen LogP contribution in [0.5, 0.6) is 5.75 Å². The third-order valence-electron chi connectivity index (χ3n) is 4.47. The number of ether oxygens (including phenoxy) is 1. The molecule has 152 valence electrons. The van der Waals surface area contributed by atoms with Crippen molar-refractivity contribution in [1.82, 2.24) is 5.32 Å². The first kappa shape index (κ1) is 22.0. The van der Waals surface area contributed by atoms with Crippen LogP contribution < -0.4 is 20.5 Å². The number of nitrogens with two attached hydrogens (primary N) is 1. The quantitative estimate of drug-likeness (QED) is 0.601. The highest BCUT2D eigenvalue weighted by Gasteiger charge is 2.28. The topological polar surface area (TPSA) is 111 Å². The molecule has 1 aliphatic rings. The molecule has 1 amide bonds. The zero-order valence-electron chi connectivity index (χ0n) is 15.4. The molecular weight excluding hydrogens is 402 g/mol. The monoisotopic (exact) mass is 425 g/mol. The average molecular weight is 426 g/mol. The maximum atomic E-state index is 12.6. The lowest BCUT2D eigenvalue weighted by Crippen LogP contribution is -2.38. The van der Waals surface area contributed by atoms with Crippen molar-refractivity contribution < 1.29 is 17.9 Å². The van der Waals surface area contributed by atoms with Crippen molar-refractivity contribution in [2.24, 2.45) is 11.7 Å². The average Bonchev–Trinajstić information content (AvgIpc) is 3.51. The Bertz CT molecular complexity index is 915. The number of hydrogen-bond donors (Lipinski definition) is 3. The Morgan fingerprint density at radius 1 is 1.21 bits per heavy atom. The van der Waals surface area contributed by atoms with E-state index in [0.717, 1.165) is 12.8 Å². The van der Waals surface area contributed by atoms with Crippen LogP contribution in [0.1, 0.15) is 23.2 Å². The summed E-state index contributed by atoms with van der Waals surface area (Å²) < 4.78 is 32.7. The first-order valence-electron chi connectivity index (χ1n) is 8.70. The summed E-state index contributed by atoms with van der Waals surface area (Å²) in [6.07, 6.45) is 2.20. The number of carbonyl (C=O) groups is 1. The molecule has 4 N–H and O–H groups in total. The van der Waals surface area contributed by atoms with Gasteiger partial charge in [0.15, 0.2) is 0 Å². The summed E-state index contributed by atoms with van der Waals surface area (Å²) in [6, 6.07) is 12.4. The molecule has 0 radical (unpaired) electrons. The van der Waals surface area contributed by atoms with Gasteiger partial charge in [-0.1, -0.05) is 6.07 Å². The maximum Gasteiger partial charge on any atom is 0.261 e. The molecule has 1 aliphatic carbocycles.